The largest absolute Gasteiger partial charge is 0.370 e. The number of nitrogens with one attached hydrogen (secondary N) is 2. The third kappa shape index (κ3) is 4.36. The van der Waals surface area contributed by atoms with Crippen molar-refractivity contribution in [3.8, 4) is 0 Å². The second kappa shape index (κ2) is 9.29. The Kier molecular flexibility index (Phi) is 6.54. The predicted octanol–water partition coefficient (Wildman–Crippen LogP) is 0.179. The molecule has 4 rings (SSSR count). The van der Waals surface area contributed by atoms with E-state index in [0.29, 0.717) is 0 Å². The van der Waals surface area contributed by atoms with Gasteiger partial charge < -0.3 is 19.3 Å². The summed E-state index contributed by atoms with van der Waals surface area (Å²) >= 11 is 1.77. The molecule has 5 nitrogen and oxygen atoms in total. The van der Waals surface area contributed by atoms with Gasteiger partial charge in [-0.1, -0.05) is 35.9 Å². The summed E-state index contributed by atoms with van der Waals surface area (Å²) in [7, 11) is 0. The summed E-state index contributed by atoms with van der Waals surface area (Å²) in [6, 6.07) is 12.4. The van der Waals surface area contributed by atoms with Gasteiger partial charge in [0.1, 0.15) is 26.2 Å². The minimum Gasteiger partial charge on any atom is -0.370 e. The Morgan fingerprint density at radius 3 is 2.11 bits per heavy atom. The number of hydrogen-bond donors (Lipinski definition) is 2. The highest BCUT2D eigenvalue weighted by Gasteiger charge is 2.46. The Labute approximate surface area is 170 Å². The van der Waals surface area contributed by atoms with E-state index in [1.807, 2.05) is 24.3 Å². The molecule has 150 valence electrons. The van der Waals surface area contributed by atoms with Crippen molar-refractivity contribution in [3.05, 3.63) is 57.8 Å². The maximum absolute atomic E-state index is 13.8. The van der Waals surface area contributed by atoms with E-state index < -0.39 is 0 Å². The van der Waals surface area contributed by atoms with E-state index in [2.05, 4.69) is 24.4 Å². The fourth-order valence-electron chi connectivity index (χ4n) is 4.43. The van der Waals surface area contributed by atoms with Gasteiger partial charge in [-0.05, 0) is 18.4 Å². The Bertz CT molecular complexity index is 751. The second-order valence-corrected chi connectivity index (χ2v) is 8.72. The molecule has 2 saturated heterocycles. The van der Waals surface area contributed by atoms with Gasteiger partial charge in [-0.3, -0.25) is 4.79 Å². The summed E-state index contributed by atoms with van der Waals surface area (Å²) in [4.78, 5) is 18.0. The Morgan fingerprint density at radius 1 is 0.929 bits per heavy atom. The summed E-state index contributed by atoms with van der Waals surface area (Å²) in [6.07, 6.45) is 0. The molecule has 1 aromatic heterocycles. The molecular formula is C22H30N2O3S+2. The number of morpholine rings is 2. The third-order valence-electron chi connectivity index (χ3n) is 5.95. The number of carbonyl (C=O) groups is 1. The predicted molar refractivity (Wildman–Crippen MR) is 109 cm³/mol. The van der Waals surface area contributed by atoms with E-state index in [-0.39, 0.29) is 17.9 Å². The lowest BCUT2D eigenvalue weighted by Crippen LogP contribution is -3.25. The number of quaternary nitrogens is 2. The molecule has 2 aliphatic rings. The Balaban J connectivity index is 1.72. The van der Waals surface area contributed by atoms with Gasteiger partial charge in [0, 0.05) is 5.56 Å². The lowest BCUT2D eigenvalue weighted by Gasteiger charge is -2.39. The number of hydrogen-bond acceptors (Lipinski definition) is 4. The van der Waals surface area contributed by atoms with Crippen molar-refractivity contribution in [2.75, 3.05) is 52.6 Å². The first kappa shape index (κ1) is 19.7. The summed E-state index contributed by atoms with van der Waals surface area (Å²) in [5.41, 5.74) is 2.00. The Morgan fingerprint density at radius 2 is 1.54 bits per heavy atom. The van der Waals surface area contributed by atoms with Crippen LogP contribution in [0.2, 0.25) is 0 Å². The number of Topliss-reactive ketones (excluding diaryl/α,β-unsaturated/α-hetero) is 1. The molecule has 28 heavy (non-hydrogen) atoms. The van der Waals surface area contributed by atoms with Crippen molar-refractivity contribution >= 4 is 17.1 Å². The molecule has 0 spiro atoms. The maximum Gasteiger partial charge on any atom is 0.226 e. The van der Waals surface area contributed by atoms with Crippen molar-refractivity contribution in [1.82, 2.24) is 0 Å². The van der Waals surface area contributed by atoms with Gasteiger partial charge >= 0.3 is 0 Å². The molecule has 2 aliphatic heterocycles. The third-order valence-corrected chi connectivity index (χ3v) is 6.91. The van der Waals surface area contributed by atoms with Crippen LogP contribution in [0.15, 0.2) is 41.8 Å². The maximum atomic E-state index is 13.8. The topological polar surface area (TPSA) is 44.4 Å². The van der Waals surface area contributed by atoms with E-state index in [1.54, 1.807) is 11.3 Å². The molecule has 2 aromatic rings. The molecular weight excluding hydrogens is 372 g/mol. The van der Waals surface area contributed by atoms with E-state index in [9.17, 15) is 4.79 Å². The number of aryl methyl sites for hydroxylation is 1. The molecule has 0 aliphatic carbocycles. The highest BCUT2D eigenvalue weighted by molar-refractivity contribution is 7.10. The van der Waals surface area contributed by atoms with E-state index >= 15 is 0 Å². The number of ether oxygens (including phenoxy) is 2. The lowest BCUT2D eigenvalue weighted by atomic mass is 9.93. The summed E-state index contributed by atoms with van der Waals surface area (Å²) in [5, 5.41) is 2.13. The molecule has 3 heterocycles. The van der Waals surface area contributed by atoms with E-state index in [1.165, 1.54) is 20.2 Å². The van der Waals surface area contributed by atoms with E-state index in [4.69, 9.17) is 9.47 Å². The van der Waals surface area contributed by atoms with Crippen LogP contribution in [0.3, 0.4) is 0 Å². The molecule has 0 bridgehead atoms. The summed E-state index contributed by atoms with van der Waals surface area (Å²) in [6.45, 7) is 8.70. The van der Waals surface area contributed by atoms with Crippen molar-refractivity contribution in [1.29, 1.82) is 0 Å². The molecule has 0 saturated carbocycles. The molecule has 0 radical (unpaired) electrons. The van der Waals surface area contributed by atoms with Crippen LogP contribution < -0.4 is 9.80 Å². The van der Waals surface area contributed by atoms with Crippen LogP contribution in [0.25, 0.3) is 0 Å². The van der Waals surface area contributed by atoms with Gasteiger partial charge in [-0.15, -0.1) is 11.3 Å². The highest BCUT2D eigenvalue weighted by atomic mass is 32.1. The van der Waals surface area contributed by atoms with Gasteiger partial charge in [0.15, 0.2) is 6.04 Å². The molecule has 2 atom stereocenters. The first-order valence-corrected chi connectivity index (χ1v) is 11.1. The Hall–Kier alpha value is -1.57. The van der Waals surface area contributed by atoms with Gasteiger partial charge in [-0.2, -0.15) is 0 Å². The average Bonchev–Trinajstić information content (AvgIpc) is 3.27. The van der Waals surface area contributed by atoms with Crippen molar-refractivity contribution in [2.45, 2.75) is 19.0 Å². The van der Waals surface area contributed by atoms with Crippen molar-refractivity contribution in [3.63, 3.8) is 0 Å². The van der Waals surface area contributed by atoms with Crippen LogP contribution in [0.1, 0.15) is 26.8 Å². The molecule has 0 amide bonds. The van der Waals surface area contributed by atoms with Crippen molar-refractivity contribution in [2.24, 2.45) is 0 Å². The van der Waals surface area contributed by atoms with E-state index in [0.717, 1.165) is 58.2 Å². The van der Waals surface area contributed by atoms with Gasteiger partial charge in [-0.25, -0.2) is 0 Å². The number of rotatable bonds is 6. The van der Waals surface area contributed by atoms with Gasteiger partial charge in [0.05, 0.1) is 31.3 Å². The zero-order chi connectivity index (χ0) is 19.3. The SMILES string of the molecule is Cc1ccc(C(=O)[C@@H]([C@@H](c2cccs2)[NH+]2CCOCC2)[NH+]2CCOCC2)cc1. The lowest BCUT2D eigenvalue weighted by molar-refractivity contribution is -0.998. The molecule has 0 unspecified atom stereocenters. The molecule has 6 heteroatoms. The van der Waals surface area contributed by atoms with Gasteiger partial charge in [0.2, 0.25) is 11.8 Å². The standard InChI is InChI=1S/C22H28N2O3S/c1-17-4-6-18(7-5-17)22(25)21(24-10-14-27-15-11-24)20(19-3-2-16-28-19)23-8-12-26-13-9-23/h2-7,16,20-21H,8-15H2,1H3/p+2/t20-,21-/m1/s1. The summed E-state index contributed by atoms with van der Waals surface area (Å²) in [5.74, 6) is 0.259. The van der Waals surface area contributed by atoms with Crippen LogP contribution in [-0.4, -0.2) is 64.4 Å². The monoisotopic (exact) mass is 402 g/mol. The van der Waals surface area contributed by atoms with Gasteiger partial charge in [0.25, 0.3) is 0 Å². The summed E-state index contributed by atoms with van der Waals surface area (Å²) < 4.78 is 11.2. The number of benzene rings is 1. The fraction of sp³-hybridized carbons (Fsp3) is 0.500. The van der Waals surface area contributed by atoms with Crippen LogP contribution in [0.4, 0.5) is 0 Å². The van der Waals surface area contributed by atoms with Crippen LogP contribution in [0.5, 0.6) is 0 Å². The van der Waals surface area contributed by atoms with Crippen LogP contribution in [0, 0.1) is 6.92 Å². The smallest absolute Gasteiger partial charge is 0.226 e. The quantitative estimate of drug-likeness (QED) is 0.678. The minimum atomic E-state index is -0.0987. The zero-order valence-electron chi connectivity index (χ0n) is 16.5. The first-order valence-electron chi connectivity index (χ1n) is 10.2. The number of ketones is 1. The molecule has 2 fully saturated rings. The molecule has 1 aromatic carbocycles. The highest BCUT2D eigenvalue weighted by Crippen LogP contribution is 2.22. The molecule has 2 N–H and O–H groups in total. The van der Waals surface area contributed by atoms with Crippen LogP contribution in [-0.2, 0) is 9.47 Å². The average molecular weight is 403 g/mol. The number of thiophene rings is 1. The normalized spacial score (nSPS) is 21.3. The zero-order valence-corrected chi connectivity index (χ0v) is 17.3. The van der Waals surface area contributed by atoms with Crippen molar-refractivity contribution < 1.29 is 24.1 Å². The first-order chi connectivity index (χ1) is 13.7. The number of carbonyl (C=O) groups excluding carboxylic acids is 1. The minimum absolute atomic E-state index is 0.0987. The second-order valence-electron chi connectivity index (χ2n) is 7.74. The van der Waals surface area contributed by atoms with Crippen LogP contribution >= 0.6 is 11.3 Å². The fourth-order valence-corrected chi connectivity index (χ4v) is 5.35.